The predicted molar refractivity (Wildman–Crippen MR) is 81.4 cm³/mol. The van der Waals surface area contributed by atoms with Crippen LogP contribution in [0, 0.1) is 0 Å². The first-order chi connectivity index (χ1) is 10.3. The van der Waals surface area contributed by atoms with Crippen LogP contribution in [0.1, 0.15) is 33.3 Å². The summed E-state index contributed by atoms with van der Waals surface area (Å²) in [4.78, 5) is 27.9. The number of piperazine rings is 1. The van der Waals surface area contributed by atoms with E-state index in [2.05, 4.69) is 0 Å². The molecule has 6 nitrogen and oxygen atoms in total. The Balaban J connectivity index is 1.89. The molecule has 1 aromatic heterocycles. The SMILES string of the molecule is CC1CN(C(=O)OC(C)(C)C)CCN1C(=O)Cc1ccoc1. The molecule has 122 valence electrons. The van der Waals surface area contributed by atoms with Crippen molar-refractivity contribution >= 4 is 12.0 Å². The van der Waals surface area contributed by atoms with E-state index >= 15 is 0 Å². The average Bonchev–Trinajstić information content (AvgIpc) is 2.89. The fourth-order valence-corrected chi connectivity index (χ4v) is 2.49. The van der Waals surface area contributed by atoms with Crippen molar-refractivity contribution < 1.29 is 18.7 Å². The summed E-state index contributed by atoms with van der Waals surface area (Å²) >= 11 is 0. The van der Waals surface area contributed by atoms with Crippen molar-refractivity contribution in [1.29, 1.82) is 0 Å². The van der Waals surface area contributed by atoms with Crippen LogP contribution in [0.4, 0.5) is 4.79 Å². The van der Waals surface area contributed by atoms with E-state index in [9.17, 15) is 9.59 Å². The van der Waals surface area contributed by atoms with Crippen molar-refractivity contribution in [2.24, 2.45) is 0 Å². The maximum absolute atomic E-state index is 12.3. The average molecular weight is 308 g/mol. The van der Waals surface area contributed by atoms with E-state index in [1.54, 1.807) is 23.5 Å². The number of amides is 2. The minimum absolute atomic E-state index is 0.0272. The highest BCUT2D eigenvalue weighted by Gasteiger charge is 2.31. The molecule has 0 aromatic carbocycles. The molecule has 0 radical (unpaired) electrons. The molecule has 1 saturated heterocycles. The number of ether oxygens (including phenoxy) is 1. The number of carbonyl (C=O) groups is 2. The van der Waals surface area contributed by atoms with Crippen LogP contribution in [0.25, 0.3) is 0 Å². The van der Waals surface area contributed by atoms with Crippen molar-refractivity contribution in [3.63, 3.8) is 0 Å². The van der Waals surface area contributed by atoms with Gasteiger partial charge in [-0.15, -0.1) is 0 Å². The second-order valence-corrected chi connectivity index (χ2v) is 6.67. The zero-order chi connectivity index (χ0) is 16.3. The Hall–Kier alpha value is -1.98. The van der Waals surface area contributed by atoms with E-state index in [1.165, 1.54) is 0 Å². The number of furan rings is 1. The van der Waals surface area contributed by atoms with Gasteiger partial charge in [0.1, 0.15) is 5.60 Å². The molecule has 1 fully saturated rings. The van der Waals surface area contributed by atoms with Gasteiger partial charge in [-0.3, -0.25) is 4.79 Å². The molecule has 0 aliphatic carbocycles. The third-order valence-corrected chi connectivity index (χ3v) is 3.53. The van der Waals surface area contributed by atoms with Crippen LogP contribution in [-0.2, 0) is 16.0 Å². The van der Waals surface area contributed by atoms with Crippen LogP contribution < -0.4 is 0 Å². The molecule has 1 aliphatic heterocycles. The summed E-state index contributed by atoms with van der Waals surface area (Å²) in [6.07, 6.45) is 3.15. The Bertz CT molecular complexity index is 519. The van der Waals surface area contributed by atoms with Crippen molar-refractivity contribution in [2.75, 3.05) is 19.6 Å². The number of hydrogen-bond acceptors (Lipinski definition) is 4. The summed E-state index contributed by atoms with van der Waals surface area (Å²) in [5, 5.41) is 0. The Morgan fingerprint density at radius 3 is 2.64 bits per heavy atom. The molecule has 0 bridgehead atoms. The third kappa shape index (κ3) is 4.26. The Morgan fingerprint density at radius 2 is 2.09 bits per heavy atom. The second kappa shape index (κ2) is 6.42. The molecule has 1 unspecified atom stereocenters. The molecular weight excluding hydrogens is 284 g/mol. The van der Waals surface area contributed by atoms with Crippen LogP contribution in [0.5, 0.6) is 0 Å². The topological polar surface area (TPSA) is 63.0 Å². The van der Waals surface area contributed by atoms with Gasteiger partial charge in [0.15, 0.2) is 0 Å². The van der Waals surface area contributed by atoms with E-state index in [0.29, 0.717) is 26.1 Å². The van der Waals surface area contributed by atoms with Gasteiger partial charge in [-0.25, -0.2) is 4.79 Å². The third-order valence-electron chi connectivity index (χ3n) is 3.53. The lowest BCUT2D eigenvalue weighted by molar-refractivity contribution is -0.134. The zero-order valence-corrected chi connectivity index (χ0v) is 13.7. The fourth-order valence-electron chi connectivity index (χ4n) is 2.49. The molecule has 1 aromatic rings. The molecule has 1 aliphatic rings. The largest absolute Gasteiger partial charge is 0.472 e. The fraction of sp³-hybridized carbons (Fsp3) is 0.625. The van der Waals surface area contributed by atoms with Crippen LogP contribution in [0.2, 0.25) is 0 Å². The number of nitrogens with zero attached hydrogens (tertiary/aromatic N) is 2. The van der Waals surface area contributed by atoms with Crippen molar-refractivity contribution in [2.45, 2.75) is 45.8 Å². The molecule has 0 N–H and O–H groups in total. The molecule has 22 heavy (non-hydrogen) atoms. The Kier molecular flexibility index (Phi) is 4.78. The lowest BCUT2D eigenvalue weighted by atomic mass is 10.1. The number of hydrogen-bond donors (Lipinski definition) is 0. The van der Waals surface area contributed by atoms with Gasteiger partial charge in [0, 0.05) is 25.7 Å². The van der Waals surface area contributed by atoms with Crippen LogP contribution >= 0.6 is 0 Å². The number of rotatable bonds is 2. The molecule has 1 atom stereocenters. The van der Waals surface area contributed by atoms with Crippen molar-refractivity contribution in [3.8, 4) is 0 Å². The second-order valence-electron chi connectivity index (χ2n) is 6.67. The van der Waals surface area contributed by atoms with E-state index in [4.69, 9.17) is 9.15 Å². The quantitative estimate of drug-likeness (QED) is 0.841. The van der Waals surface area contributed by atoms with Crippen molar-refractivity contribution in [3.05, 3.63) is 24.2 Å². The highest BCUT2D eigenvalue weighted by atomic mass is 16.6. The Labute approximate surface area is 131 Å². The first-order valence-corrected chi connectivity index (χ1v) is 7.55. The van der Waals surface area contributed by atoms with Gasteiger partial charge in [0.25, 0.3) is 0 Å². The molecular formula is C16H24N2O4. The minimum Gasteiger partial charge on any atom is -0.472 e. The standard InChI is InChI=1S/C16H24N2O4/c1-12-10-17(15(20)22-16(2,3)4)6-7-18(12)14(19)9-13-5-8-21-11-13/h5,8,11-12H,6-7,9-10H2,1-4H3. The Morgan fingerprint density at radius 1 is 1.36 bits per heavy atom. The summed E-state index contributed by atoms with van der Waals surface area (Å²) < 4.78 is 10.4. The summed E-state index contributed by atoms with van der Waals surface area (Å²) in [7, 11) is 0. The van der Waals surface area contributed by atoms with Gasteiger partial charge in [-0.05, 0) is 39.3 Å². The summed E-state index contributed by atoms with van der Waals surface area (Å²) in [5.74, 6) is 0.0535. The van der Waals surface area contributed by atoms with Gasteiger partial charge in [0.2, 0.25) is 5.91 Å². The van der Waals surface area contributed by atoms with Crippen molar-refractivity contribution in [1.82, 2.24) is 9.80 Å². The first-order valence-electron chi connectivity index (χ1n) is 7.55. The van der Waals surface area contributed by atoms with Gasteiger partial charge < -0.3 is 19.0 Å². The lowest BCUT2D eigenvalue weighted by Crippen LogP contribution is -2.56. The smallest absolute Gasteiger partial charge is 0.410 e. The minimum atomic E-state index is -0.505. The summed E-state index contributed by atoms with van der Waals surface area (Å²) in [6.45, 7) is 9.00. The maximum Gasteiger partial charge on any atom is 0.410 e. The van der Waals surface area contributed by atoms with Gasteiger partial charge in [0.05, 0.1) is 18.9 Å². The maximum atomic E-state index is 12.3. The molecule has 2 heterocycles. The number of carbonyl (C=O) groups excluding carboxylic acids is 2. The normalized spacial score (nSPS) is 19.2. The van der Waals surface area contributed by atoms with E-state index in [-0.39, 0.29) is 18.0 Å². The first kappa shape index (κ1) is 16.4. The van der Waals surface area contributed by atoms with Crippen LogP contribution in [-0.4, -0.2) is 53.1 Å². The zero-order valence-electron chi connectivity index (χ0n) is 13.7. The molecule has 0 spiro atoms. The summed E-state index contributed by atoms with van der Waals surface area (Å²) in [5.41, 5.74) is 0.362. The van der Waals surface area contributed by atoms with Gasteiger partial charge >= 0.3 is 6.09 Å². The van der Waals surface area contributed by atoms with Gasteiger partial charge in [-0.2, -0.15) is 0 Å². The molecule has 0 saturated carbocycles. The highest BCUT2D eigenvalue weighted by molar-refractivity contribution is 5.79. The summed E-state index contributed by atoms with van der Waals surface area (Å²) in [6, 6.07) is 1.76. The van der Waals surface area contributed by atoms with E-state index in [0.717, 1.165) is 5.56 Å². The van der Waals surface area contributed by atoms with Crippen LogP contribution in [0.3, 0.4) is 0 Å². The lowest BCUT2D eigenvalue weighted by Gasteiger charge is -2.40. The molecule has 6 heteroatoms. The highest BCUT2D eigenvalue weighted by Crippen LogP contribution is 2.16. The van der Waals surface area contributed by atoms with E-state index < -0.39 is 5.60 Å². The molecule has 2 amide bonds. The van der Waals surface area contributed by atoms with E-state index in [1.807, 2.05) is 32.6 Å². The van der Waals surface area contributed by atoms with Gasteiger partial charge in [-0.1, -0.05) is 0 Å². The predicted octanol–water partition coefficient (Wildman–Crippen LogP) is 2.29. The van der Waals surface area contributed by atoms with Crippen LogP contribution in [0.15, 0.2) is 23.0 Å². The molecule has 2 rings (SSSR count). The monoisotopic (exact) mass is 308 g/mol.